The average Bonchev–Trinajstić information content (AvgIpc) is 2.58. The van der Waals surface area contributed by atoms with Crippen LogP contribution in [0.25, 0.3) is 0 Å². The molecule has 1 aliphatic heterocycles. The van der Waals surface area contributed by atoms with Crippen LogP contribution in [0.5, 0.6) is 0 Å². The number of hydrogen-bond acceptors (Lipinski definition) is 1. The van der Waals surface area contributed by atoms with Crippen molar-refractivity contribution in [3.05, 3.63) is 11.3 Å². The zero-order valence-corrected chi connectivity index (χ0v) is 11.1. The molecule has 0 aromatic rings. The lowest BCUT2D eigenvalue weighted by Gasteiger charge is -2.45. The molecular weight excluding hydrogens is 198 g/mol. The highest BCUT2D eigenvalue weighted by Gasteiger charge is 2.57. The second-order valence-corrected chi connectivity index (χ2v) is 6.48. The van der Waals surface area contributed by atoms with Crippen LogP contribution in [0.2, 0.25) is 0 Å². The first-order valence-corrected chi connectivity index (χ1v) is 6.35. The van der Waals surface area contributed by atoms with Gasteiger partial charge in [0.25, 0.3) is 0 Å². The molecule has 1 unspecified atom stereocenters. The minimum Gasteiger partial charge on any atom is -0.329 e. The lowest BCUT2D eigenvalue weighted by atomic mass is 9.57. The molecule has 2 rings (SSSR count). The van der Waals surface area contributed by atoms with Gasteiger partial charge in [-0.05, 0) is 36.2 Å². The van der Waals surface area contributed by atoms with Crippen LogP contribution in [0, 0.1) is 16.7 Å². The van der Waals surface area contributed by atoms with Crippen LogP contribution in [-0.4, -0.2) is 5.91 Å². The summed E-state index contributed by atoms with van der Waals surface area (Å²) in [5.41, 5.74) is 2.35. The molecule has 2 aliphatic rings. The third kappa shape index (κ3) is 1.22. The molecule has 90 valence electrons. The first kappa shape index (κ1) is 11.7. The molecule has 2 nitrogen and oxygen atoms in total. The molecule has 0 spiro atoms. The third-order valence-electron chi connectivity index (χ3n) is 4.37. The van der Waals surface area contributed by atoms with E-state index in [1.54, 1.807) is 0 Å². The largest absolute Gasteiger partial charge is 0.329 e. The standard InChI is InChI=1S/C14H23NO/c1-9(2)14(13(3,4)5)10-7-6-8-11(10)15-12(14)16/h9H,6-8H2,1-5H3,(H,15,16). The van der Waals surface area contributed by atoms with Gasteiger partial charge in [0, 0.05) is 5.70 Å². The minimum atomic E-state index is -0.279. The maximum atomic E-state index is 12.4. The number of carbonyl (C=O) groups excluding carboxylic acids is 1. The van der Waals surface area contributed by atoms with E-state index in [4.69, 9.17) is 0 Å². The zero-order chi connectivity index (χ0) is 12.1. The van der Waals surface area contributed by atoms with Crippen LogP contribution in [0.3, 0.4) is 0 Å². The summed E-state index contributed by atoms with van der Waals surface area (Å²) in [4.78, 5) is 12.4. The second-order valence-electron chi connectivity index (χ2n) is 6.48. The lowest BCUT2D eigenvalue weighted by molar-refractivity contribution is -0.135. The fraction of sp³-hybridized carbons (Fsp3) is 0.786. The van der Waals surface area contributed by atoms with Gasteiger partial charge in [0.1, 0.15) is 0 Å². The Labute approximate surface area is 98.5 Å². The Bertz CT molecular complexity index is 359. The van der Waals surface area contributed by atoms with E-state index in [9.17, 15) is 4.79 Å². The van der Waals surface area contributed by atoms with Crippen molar-refractivity contribution in [2.45, 2.75) is 53.9 Å². The summed E-state index contributed by atoms with van der Waals surface area (Å²) < 4.78 is 0. The molecule has 0 aromatic heterocycles. The van der Waals surface area contributed by atoms with Crippen molar-refractivity contribution in [1.29, 1.82) is 0 Å². The van der Waals surface area contributed by atoms with Crippen LogP contribution in [-0.2, 0) is 4.79 Å². The highest BCUT2D eigenvalue weighted by atomic mass is 16.2. The Morgan fingerprint density at radius 2 is 1.88 bits per heavy atom. The second kappa shape index (κ2) is 3.35. The Morgan fingerprint density at radius 1 is 1.25 bits per heavy atom. The maximum Gasteiger partial charge on any atom is 0.235 e. The van der Waals surface area contributed by atoms with Gasteiger partial charge in [-0.1, -0.05) is 34.6 Å². The van der Waals surface area contributed by atoms with Gasteiger partial charge in [0.2, 0.25) is 5.91 Å². The van der Waals surface area contributed by atoms with E-state index in [1.807, 2.05) is 0 Å². The summed E-state index contributed by atoms with van der Waals surface area (Å²) in [5.74, 6) is 0.595. The average molecular weight is 221 g/mol. The van der Waals surface area contributed by atoms with Crippen LogP contribution < -0.4 is 5.32 Å². The predicted octanol–water partition coefficient (Wildman–Crippen LogP) is 3.24. The van der Waals surface area contributed by atoms with Crippen LogP contribution in [0.15, 0.2) is 11.3 Å². The molecule has 1 amide bonds. The van der Waals surface area contributed by atoms with Crippen molar-refractivity contribution >= 4 is 5.91 Å². The molecule has 0 saturated carbocycles. The van der Waals surface area contributed by atoms with Crippen LogP contribution in [0.1, 0.15) is 53.9 Å². The van der Waals surface area contributed by atoms with Crippen molar-refractivity contribution in [2.24, 2.45) is 16.7 Å². The van der Waals surface area contributed by atoms with Gasteiger partial charge >= 0.3 is 0 Å². The van der Waals surface area contributed by atoms with Crippen molar-refractivity contribution < 1.29 is 4.79 Å². The molecule has 1 heterocycles. The van der Waals surface area contributed by atoms with Gasteiger partial charge in [0.15, 0.2) is 0 Å². The molecule has 2 heteroatoms. The third-order valence-corrected chi connectivity index (χ3v) is 4.37. The first-order chi connectivity index (χ1) is 7.31. The van der Waals surface area contributed by atoms with Crippen LogP contribution >= 0.6 is 0 Å². The van der Waals surface area contributed by atoms with Gasteiger partial charge in [-0.25, -0.2) is 0 Å². The lowest BCUT2D eigenvalue weighted by Crippen LogP contribution is -2.49. The number of carbonyl (C=O) groups is 1. The van der Waals surface area contributed by atoms with Gasteiger partial charge in [-0.3, -0.25) is 4.79 Å². The topological polar surface area (TPSA) is 29.1 Å². The normalized spacial score (nSPS) is 30.0. The van der Waals surface area contributed by atoms with Gasteiger partial charge in [0.05, 0.1) is 5.41 Å². The SMILES string of the molecule is CC(C)C1(C(C)(C)C)C(=O)NC2=C1CCC2. The monoisotopic (exact) mass is 221 g/mol. The van der Waals surface area contributed by atoms with E-state index >= 15 is 0 Å². The van der Waals surface area contributed by atoms with Crippen molar-refractivity contribution in [1.82, 2.24) is 5.32 Å². The van der Waals surface area contributed by atoms with Gasteiger partial charge in [-0.2, -0.15) is 0 Å². The smallest absolute Gasteiger partial charge is 0.235 e. The fourth-order valence-corrected chi connectivity index (χ4v) is 3.96. The van der Waals surface area contributed by atoms with E-state index in [2.05, 4.69) is 39.9 Å². The Balaban J connectivity index is 2.58. The number of nitrogens with one attached hydrogen (secondary N) is 1. The number of hydrogen-bond donors (Lipinski definition) is 1. The first-order valence-electron chi connectivity index (χ1n) is 6.35. The van der Waals surface area contributed by atoms with E-state index in [0.29, 0.717) is 5.92 Å². The molecule has 0 fully saturated rings. The highest BCUT2D eigenvalue weighted by Crippen LogP contribution is 2.57. The van der Waals surface area contributed by atoms with Crippen molar-refractivity contribution in [2.75, 3.05) is 0 Å². The maximum absolute atomic E-state index is 12.4. The van der Waals surface area contributed by atoms with Crippen molar-refractivity contribution in [3.63, 3.8) is 0 Å². The molecule has 0 radical (unpaired) electrons. The molecule has 16 heavy (non-hydrogen) atoms. The molecule has 0 saturated heterocycles. The molecule has 0 aromatic carbocycles. The Kier molecular flexibility index (Phi) is 2.45. The van der Waals surface area contributed by atoms with Crippen molar-refractivity contribution in [3.8, 4) is 0 Å². The zero-order valence-electron chi connectivity index (χ0n) is 11.1. The summed E-state index contributed by atoms with van der Waals surface area (Å²) in [7, 11) is 0. The number of amides is 1. The molecular formula is C14H23NO. The molecule has 1 aliphatic carbocycles. The van der Waals surface area contributed by atoms with Crippen LogP contribution in [0.4, 0.5) is 0 Å². The Hall–Kier alpha value is -0.790. The minimum absolute atomic E-state index is 0.00727. The number of allylic oxidation sites excluding steroid dienone is 1. The summed E-state index contributed by atoms with van der Waals surface area (Å²) in [6.45, 7) is 10.9. The number of rotatable bonds is 1. The molecule has 1 N–H and O–H groups in total. The molecule has 1 atom stereocenters. The van der Waals surface area contributed by atoms with E-state index < -0.39 is 0 Å². The fourth-order valence-electron chi connectivity index (χ4n) is 3.96. The highest BCUT2D eigenvalue weighted by molar-refractivity contribution is 5.92. The molecule has 0 bridgehead atoms. The van der Waals surface area contributed by atoms with Gasteiger partial charge < -0.3 is 5.32 Å². The predicted molar refractivity (Wildman–Crippen MR) is 65.7 cm³/mol. The summed E-state index contributed by atoms with van der Waals surface area (Å²) in [5, 5.41) is 3.14. The summed E-state index contributed by atoms with van der Waals surface area (Å²) in [6, 6.07) is 0. The van der Waals surface area contributed by atoms with E-state index in [-0.39, 0.29) is 16.7 Å². The summed E-state index contributed by atoms with van der Waals surface area (Å²) >= 11 is 0. The Morgan fingerprint density at radius 3 is 2.38 bits per heavy atom. The van der Waals surface area contributed by atoms with E-state index in [0.717, 1.165) is 12.8 Å². The van der Waals surface area contributed by atoms with E-state index in [1.165, 1.54) is 17.7 Å². The quantitative estimate of drug-likeness (QED) is 0.723. The van der Waals surface area contributed by atoms with Gasteiger partial charge in [-0.15, -0.1) is 0 Å². The summed E-state index contributed by atoms with van der Waals surface area (Å²) in [6.07, 6.45) is 3.37.